The summed E-state index contributed by atoms with van der Waals surface area (Å²) in [5.41, 5.74) is 0. The third-order valence-corrected chi connectivity index (χ3v) is 7.81. The molecule has 1 fully saturated rings. The highest BCUT2D eigenvalue weighted by atomic mass is 32.2. The molecule has 0 bridgehead atoms. The van der Waals surface area contributed by atoms with E-state index in [1.807, 2.05) is 0 Å². The molecule has 0 saturated carbocycles. The molecule has 1 saturated heterocycles. The van der Waals surface area contributed by atoms with E-state index in [9.17, 15) is 16.8 Å². The summed E-state index contributed by atoms with van der Waals surface area (Å²) in [6.45, 7) is 8.79. The Bertz CT molecular complexity index is 486. The van der Waals surface area contributed by atoms with Gasteiger partial charge in [0.05, 0.1) is 16.8 Å². The number of hydrogen-bond donors (Lipinski definition) is 1. The molecule has 7 heteroatoms. The third-order valence-electron chi connectivity index (χ3n) is 4.17. The smallest absolute Gasteiger partial charge is 0.214 e. The van der Waals surface area contributed by atoms with E-state index in [1.54, 1.807) is 0 Å². The van der Waals surface area contributed by atoms with Gasteiger partial charge in [-0.15, -0.1) is 0 Å². The van der Waals surface area contributed by atoms with Crippen LogP contribution in [0.1, 0.15) is 40.5 Å². The van der Waals surface area contributed by atoms with Gasteiger partial charge in [0.15, 0.2) is 0 Å². The van der Waals surface area contributed by atoms with Gasteiger partial charge < -0.3 is 0 Å². The minimum atomic E-state index is -3.41. The maximum absolute atomic E-state index is 12.2. The second-order valence-electron chi connectivity index (χ2n) is 6.40. The Morgan fingerprint density at radius 2 is 1.50 bits per heavy atom. The number of rotatable bonds is 6. The molecule has 0 aromatic rings. The lowest BCUT2D eigenvalue weighted by atomic mass is 9.86. The summed E-state index contributed by atoms with van der Waals surface area (Å²) in [7, 11) is -6.44. The first kappa shape index (κ1) is 17.9. The molecule has 0 atom stereocenters. The predicted octanol–water partition coefficient (Wildman–Crippen LogP) is 1.41. The van der Waals surface area contributed by atoms with E-state index in [-0.39, 0.29) is 30.3 Å². The Balaban J connectivity index is 2.62. The molecule has 0 spiro atoms. The molecule has 1 rings (SSSR count). The average molecular weight is 325 g/mol. The lowest BCUT2D eigenvalue weighted by molar-refractivity contribution is 0.288. The van der Waals surface area contributed by atoms with Crippen molar-refractivity contribution < 1.29 is 16.8 Å². The van der Waals surface area contributed by atoms with Gasteiger partial charge in [0.25, 0.3) is 0 Å². The number of nitrogens with one attached hydrogen (secondary N) is 1. The molecule has 1 aliphatic heterocycles. The molecule has 1 N–H and O–H groups in total. The second-order valence-corrected chi connectivity index (χ2v) is 10.7. The molecule has 0 radical (unpaired) electrons. The Kier molecular flexibility index (Phi) is 6.04. The van der Waals surface area contributed by atoms with Crippen LogP contribution in [0.2, 0.25) is 0 Å². The van der Waals surface area contributed by atoms with Crippen LogP contribution in [0.15, 0.2) is 0 Å². The summed E-state index contributed by atoms with van der Waals surface area (Å²) in [6.07, 6.45) is 0.428. The van der Waals surface area contributed by atoms with Gasteiger partial charge in [-0.05, 0) is 30.6 Å². The fourth-order valence-electron chi connectivity index (χ4n) is 2.75. The zero-order valence-electron chi connectivity index (χ0n) is 12.8. The molecule has 20 heavy (non-hydrogen) atoms. The van der Waals surface area contributed by atoms with Crippen molar-refractivity contribution in [1.29, 1.82) is 0 Å². The first-order valence-electron chi connectivity index (χ1n) is 7.24. The molecular formula is C13H27NO4S2. The number of sulfone groups is 1. The number of hydrogen-bond acceptors (Lipinski definition) is 4. The van der Waals surface area contributed by atoms with Crippen LogP contribution in [0.25, 0.3) is 0 Å². The SMILES string of the molecule is CC(C)C(CNS(=O)(=O)C1CCS(=O)(=O)CC1)C(C)C. The fraction of sp³-hybridized carbons (Fsp3) is 1.00. The first-order valence-corrected chi connectivity index (χ1v) is 10.6. The van der Waals surface area contributed by atoms with Gasteiger partial charge in [-0.1, -0.05) is 27.7 Å². The molecular weight excluding hydrogens is 298 g/mol. The van der Waals surface area contributed by atoms with Crippen molar-refractivity contribution in [3.8, 4) is 0 Å². The molecule has 0 aliphatic carbocycles. The summed E-state index contributed by atoms with van der Waals surface area (Å²) >= 11 is 0. The largest absolute Gasteiger partial charge is 0.229 e. The minimum Gasteiger partial charge on any atom is -0.229 e. The van der Waals surface area contributed by atoms with Gasteiger partial charge in [0, 0.05) is 6.54 Å². The maximum Gasteiger partial charge on any atom is 0.214 e. The van der Waals surface area contributed by atoms with Crippen LogP contribution in [-0.4, -0.2) is 40.1 Å². The molecule has 1 aliphatic rings. The highest BCUT2D eigenvalue weighted by Gasteiger charge is 2.33. The van der Waals surface area contributed by atoms with Gasteiger partial charge >= 0.3 is 0 Å². The van der Waals surface area contributed by atoms with Crippen molar-refractivity contribution in [2.24, 2.45) is 17.8 Å². The van der Waals surface area contributed by atoms with Crippen LogP contribution in [0, 0.1) is 17.8 Å². The predicted molar refractivity (Wildman–Crippen MR) is 81.8 cm³/mol. The van der Waals surface area contributed by atoms with E-state index < -0.39 is 25.1 Å². The Labute approximate surface area is 123 Å². The summed E-state index contributed by atoms with van der Waals surface area (Å²) in [4.78, 5) is 0. The molecule has 0 unspecified atom stereocenters. The van der Waals surface area contributed by atoms with Crippen LogP contribution in [0.3, 0.4) is 0 Å². The Morgan fingerprint density at radius 3 is 1.90 bits per heavy atom. The van der Waals surface area contributed by atoms with Gasteiger partial charge in [-0.25, -0.2) is 21.6 Å². The van der Waals surface area contributed by atoms with E-state index in [1.165, 1.54) is 0 Å². The van der Waals surface area contributed by atoms with Crippen LogP contribution < -0.4 is 4.72 Å². The summed E-state index contributed by atoms with van der Waals surface area (Å²) in [5.74, 6) is 1.07. The van der Waals surface area contributed by atoms with E-state index in [4.69, 9.17) is 0 Å². The molecule has 0 amide bonds. The fourth-order valence-corrected chi connectivity index (χ4v) is 6.06. The van der Waals surface area contributed by atoms with Crippen molar-refractivity contribution in [2.75, 3.05) is 18.1 Å². The van der Waals surface area contributed by atoms with Crippen molar-refractivity contribution in [3.05, 3.63) is 0 Å². The van der Waals surface area contributed by atoms with Gasteiger partial charge in [0.2, 0.25) is 10.0 Å². The summed E-state index contributed by atoms with van der Waals surface area (Å²) < 4.78 is 49.9. The van der Waals surface area contributed by atoms with Crippen LogP contribution >= 0.6 is 0 Å². The molecule has 0 aromatic carbocycles. The molecule has 0 aromatic heterocycles. The summed E-state index contributed by atoms with van der Waals surface area (Å²) in [6, 6.07) is 0. The van der Waals surface area contributed by atoms with Crippen molar-refractivity contribution in [1.82, 2.24) is 4.72 Å². The highest BCUT2D eigenvalue weighted by Crippen LogP contribution is 2.22. The summed E-state index contributed by atoms with van der Waals surface area (Å²) in [5, 5.41) is -0.564. The normalized spacial score (nSPS) is 20.9. The highest BCUT2D eigenvalue weighted by molar-refractivity contribution is 7.92. The minimum absolute atomic E-state index is 0.0175. The zero-order valence-corrected chi connectivity index (χ0v) is 14.4. The standard InChI is InChI=1S/C13H27NO4S2/c1-10(2)13(11(3)4)9-14-20(17,18)12-5-7-19(15,16)8-6-12/h10-14H,5-9H2,1-4H3. The van der Waals surface area contributed by atoms with E-state index in [0.717, 1.165) is 0 Å². The number of sulfonamides is 1. The van der Waals surface area contributed by atoms with Crippen molar-refractivity contribution in [2.45, 2.75) is 45.8 Å². The molecule has 120 valence electrons. The van der Waals surface area contributed by atoms with Crippen molar-refractivity contribution in [3.63, 3.8) is 0 Å². The lowest BCUT2D eigenvalue weighted by Crippen LogP contribution is -2.42. The van der Waals surface area contributed by atoms with Crippen molar-refractivity contribution >= 4 is 19.9 Å². The Hall–Kier alpha value is -0.140. The second kappa shape index (κ2) is 6.75. The van der Waals surface area contributed by atoms with Crippen LogP contribution in [0.4, 0.5) is 0 Å². The van der Waals surface area contributed by atoms with Gasteiger partial charge in [-0.3, -0.25) is 0 Å². The van der Waals surface area contributed by atoms with Crippen LogP contribution in [0.5, 0.6) is 0 Å². The van der Waals surface area contributed by atoms with E-state index >= 15 is 0 Å². The quantitative estimate of drug-likeness (QED) is 0.801. The first-order chi connectivity index (χ1) is 9.05. The molecule has 5 nitrogen and oxygen atoms in total. The van der Waals surface area contributed by atoms with Gasteiger partial charge in [-0.2, -0.15) is 0 Å². The lowest BCUT2D eigenvalue weighted by Gasteiger charge is -2.27. The monoisotopic (exact) mass is 325 g/mol. The van der Waals surface area contributed by atoms with Gasteiger partial charge in [0.1, 0.15) is 9.84 Å². The zero-order chi connectivity index (χ0) is 15.6. The van der Waals surface area contributed by atoms with E-state index in [0.29, 0.717) is 18.4 Å². The Morgan fingerprint density at radius 1 is 1.05 bits per heavy atom. The average Bonchev–Trinajstić information content (AvgIpc) is 2.27. The van der Waals surface area contributed by atoms with Crippen LogP contribution in [-0.2, 0) is 19.9 Å². The molecule has 1 heterocycles. The third kappa shape index (κ3) is 5.00. The maximum atomic E-state index is 12.2. The topological polar surface area (TPSA) is 80.3 Å². The van der Waals surface area contributed by atoms with E-state index in [2.05, 4.69) is 32.4 Å².